The summed E-state index contributed by atoms with van der Waals surface area (Å²) < 4.78 is 22.1. The smallest absolute Gasteiger partial charge is 0.223 e. The van der Waals surface area contributed by atoms with Gasteiger partial charge in [0.1, 0.15) is 9.84 Å². The molecule has 0 saturated carbocycles. The lowest BCUT2D eigenvalue weighted by Crippen LogP contribution is -2.47. The monoisotopic (exact) mass is 260 g/mol. The van der Waals surface area contributed by atoms with Crippen molar-refractivity contribution >= 4 is 15.7 Å². The van der Waals surface area contributed by atoms with Crippen molar-refractivity contribution in [1.29, 1.82) is 0 Å². The summed E-state index contributed by atoms with van der Waals surface area (Å²) in [4.78, 5) is 13.9. The Morgan fingerprint density at radius 1 is 1.35 bits per heavy atom. The Kier molecular flexibility index (Phi) is 3.73. The Labute approximate surface area is 102 Å². The first-order valence-corrected chi connectivity index (χ1v) is 8.19. The van der Waals surface area contributed by atoms with E-state index in [4.69, 9.17) is 0 Å². The molecule has 3 aliphatic rings. The van der Waals surface area contributed by atoms with E-state index in [1.807, 2.05) is 4.90 Å². The molecule has 0 aromatic rings. The highest BCUT2D eigenvalue weighted by molar-refractivity contribution is 7.90. The van der Waals surface area contributed by atoms with Crippen LogP contribution in [-0.2, 0) is 14.6 Å². The van der Waals surface area contributed by atoms with Crippen molar-refractivity contribution in [3.8, 4) is 0 Å². The molecule has 0 spiro atoms. The molecule has 3 rings (SSSR count). The van der Waals surface area contributed by atoms with Gasteiger partial charge in [0, 0.05) is 31.8 Å². The van der Waals surface area contributed by atoms with Gasteiger partial charge in [-0.05, 0) is 25.3 Å². The molecule has 3 heterocycles. The van der Waals surface area contributed by atoms with Crippen molar-refractivity contribution < 1.29 is 13.2 Å². The lowest BCUT2D eigenvalue weighted by atomic mass is 9.95. The molecule has 2 atom stereocenters. The SMILES string of the molecule is CS(=O)(=O)CCC(=O)N1C[C@@H]2CC[C@H]1CNC2. The second-order valence-corrected chi connectivity index (χ2v) is 7.44. The van der Waals surface area contributed by atoms with E-state index in [9.17, 15) is 13.2 Å². The first-order valence-electron chi connectivity index (χ1n) is 6.13. The fourth-order valence-corrected chi connectivity index (χ4v) is 3.20. The maximum atomic E-state index is 12.0. The number of hydrogen-bond acceptors (Lipinski definition) is 4. The fourth-order valence-electron chi connectivity index (χ4n) is 2.66. The number of nitrogens with zero attached hydrogens (tertiary/aromatic N) is 1. The molecule has 6 heteroatoms. The predicted octanol–water partition coefficient (Wildman–Crippen LogP) is -0.368. The average Bonchev–Trinajstić information content (AvgIpc) is 2.59. The van der Waals surface area contributed by atoms with Crippen LogP contribution in [0, 0.1) is 5.92 Å². The summed E-state index contributed by atoms with van der Waals surface area (Å²) in [6.45, 7) is 2.62. The molecule has 3 fully saturated rings. The third-order valence-corrected chi connectivity index (χ3v) is 4.57. The van der Waals surface area contributed by atoms with Gasteiger partial charge in [-0.3, -0.25) is 4.79 Å². The van der Waals surface area contributed by atoms with Gasteiger partial charge in [-0.1, -0.05) is 0 Å². The van der Waals surface area contributed by atoms with Crippen LogP contribution in [0.25, 0.3) is 0 Å². The average molecular weight is 260 g/mol. The summed E-state index contributed by atoms with van der Waals surface area (Å²) in [6.07, 6.45) is 3.52. The summed E-state index contributed by atoms with van der Waals surface area (Å²) >= 11 is 0. The highest BCUT2D eigenvalue weighted by Crippen LogP contribution is 2.24. The minimum atomic E-state index is -3.04. The minimum absolute atomic E-state index is 0.00572. The molecule has 2 bridgehead atoms. The van der Waals surface area contributed by atoms with Gasteiger partial charge >= 0.3 is 0 Å². The van der Waals surface area contributed by atoms with E-state index < -0.39 is 9.84 Å². The fraction of sp³-hybridized carbons (Fsp3) is 0.909. The first-order chi connectivity index (χ1) is 7.96. The van der Waals surface area contributed by atoms with E-state index in [0.29, 0.717) is 5.92 Å². The van der Waals surface area contributed by atoms with Crippen LogP contribution in [0.3, 0.4) is 0 Å². The summed E-state index contributed by atoms with van der Waals surface area (Å²) in [5, 5.41) is 3.35. The van der Waals surface area contributed by atoms with Gasteiger partial charge < -0.3 is 10.2 Å². The molecule has 0 aromatic carbocycles. The highest BCUT2D eigenvalue weighted by Gasteiger charge is 2.33. The molecule has 1 amide bonds. The van der Waals surface area contributed by atoms with Crippen molar-refractivity contribution in [2.24, 2.45) is 5.92 Å². The quantitative estimate of drug-likeness (QED) is 0.752. The number of amides is 1. The van der Waals surface area contributed by atoms with Crippen LogP contribution < -0.4 is 5.32 Å². The molecule has 5 nitrogen and oxygen atoms in total. The van der Waals surface area contributed by atoms with E-state index in [1.165, 1.54) is 12.7 Å². The van der Waals surface area contributed by atoms with Crippen molar-refractivity contribution in [3.05, 3.63) is 0 Å². The number of nitrogens with one attached hydrogen (secondary N) is 1. The van der Waals surface area contributed by atoms with E-state index in [1.54, 1.807) is 0 Å². The molecule has 3 saturated heterocycles. The van der Waals surface area contributed by atoms with Crippen LogP contribution in [0.5, 0.6) is 0 Å². The second kappa shape index (κ2) is 4.94. The Morgan fingerprint density at radius 3 is 2.82 bits per heavy atom. The normalized spacial score (nSPS) is 29.1. The third-order valence-electron chi connectivity index (χ3n) is 3.62. The van der Waals surface area contributed by atoms with Gasteiger partial charge in [-0.15, -0.1) is 0 Å². The zero-order valence-corrected chi connectivity index (χ0v) is 11.0. The van der Waals surface area contributed by atoms with Crippen LogP contribution in [0.4, 0.5) is 0 Å². The van der Waals surface area contributed by atoms with Crippen molar-refractivity contribution in [1.82, 2.24) is 10.2 Å². The van der Waals surface area contributed by atoms with Gasteiger partial charge in [0.15, 0.2) is 0 Å². The van der Waals surface area contributed by atoms with E-state index in [0.717, 1.165) is 26.1 Å². The largest absolute Gasteiger partial charge is 0.338 e. The molecule has 0 radical (unpaired) electrons. The number of carbonyl (C=O) groups is 1. The van der Waals surface area contributed by atoms with E-state index in [-0.39, 0.29) is 24.1 Å². The molecule has 0 aromatic heterocycles. The molecule has 0 unspecified atom stereocenters. The zero-order valence-electron chi connectivity index (χ0n) is 10.2. The maximum absolute atomic E-state index is 12.0. The second-order valence-electron chi connectivity index (χ2n) is 5.18. The number of piperidine rings is 1. The van der Waals surface area contributed by atoms with Gasteiger partial charge in [-0.25, -0.2) is 8.42 Å². The van der Waals surface area contributed by atoms with Gasteiger partial charge in [-0.2, -0.15) is 0 Å². The number of rotatable bonds is 3. The Balaban J connectivity index is 1.95. The third kappa shape index (κ3) is 3.42. The first kappa shape index (κ1) is 12.8. The van der Waals surface area contributed by atoms with Crippen LogP contribution in [0.1, 0.15) is 19.3 Å². The van der Waals surface area contributed by atoms with Crippen LogP contribution in [0.2, 0.25) is 0 Å². The molecular weight excluding hydrogens is 240 g/mol. The van der Waals surface area contributed by atoms with E-state index in [2.05, 4.69) is 5.32 Å². The van der Waals surface area contributed by atoms with Gasteiger partial charge in [0.25, 0.3) is 0 Å². The van der Waals surface area contributed by atoms with Crippen molar-refractivity contribution in [2.75, 3.05) is 31.6 Å². The molecule has 17 heavy (non-hydrogen) atoms. The Morgan fingerprint density at radius 2 is 2.12 bits per heavy atom. The summed E-state index contributed by atoms with van der Waals surface area (Å²) in [6, 6.07) is 0.265. The standard InChI is InChI=1S/C11H20N2O3S/c1-17(15,16)5-4-11(14)13-8-9-2-3-10(13)7-12-6-9/h9-10,12H,2-8H2,1H3/t9-,10+/m1/s1. The van der Waals surface area contributed by atoms with Crippen LogP contribution in [0.15, 0.2) is 0 Å². The maximum Gasteiger partial charge on any atom is 0.223 e. The Bertz CT molecular complexity index is 390. The highest BCUT2D eigenvalue weighted by atomic mass is 32.2. The minimum Gasteiger partial charge on any atom is -0.338 e. The summed E-state index contributed by atoms with van der Waals surface area (Å²) in [7, 11) is -3.04. The number of fused-ring (bicyclic) bond motifs is 4. The molecule has 1 N–H and O–H groups in total. The summed E-state index contributed by atoms with van der Waals surface area (Å²) in [5.41, 5.74) is 0. The Hall–Kier alpha value is -0.620. The van der Waals surface area contributed by atoms with Crippen molar-refractivity contribution in [2.45, 2.75) is 25.3 Å². The van der Waals surface area contributed by atoms with Crippen molar-refractivity contribution in [3.63, 3.8) is 0 Å². The lowest BCUT2D eigenvalue weighted by Gasteiger charge is -2.36. The van der Waals surface area contributed by atoms with Gasteiger partial charge in [0.05, 0.1) is 5.75 Å². The number of hydrogen-bond donors (Lipinski definition) is 1. The van der Waals surface area contributed by atoms with Crippen LogP contribution >= 0.6 is 0 Å². The predicted molar refractivity (Wildman–Crippen MR) is 65.4 cm³/mol. The summed E-state index contributed by atoms with van der Waals surface area (Å²) in [5.74, 6) is 0.498. The van der Waals surface area contributed by atoms with Crippen LogP contribution in [-0.4, -0.2) is 56.9 Å². The van der Waals surface area contributed by atoms with E-state index >= 15 is 0 Å². The molecule has 0 aliphatic carbocycles. The topological polar surface area (TPSA) is 66.5 Å². The molecule has 3 aliphatic heterocycles. The zero-order chi connectivity index (χ0) is 12.5. The molecule has 98 valence electrons. The van der Waals surface area contributed by atoms with Gasteiger partial charge in [0.2, 0.25) is 5.91 Å². The molecular formula is C11H20N2O3S. The number of sulfone groups is 1. The number of carbonyl (C=O) groups excluding carboxylic acids is 1. The lowest BCUT2D eigenvalue weighted by molar-refractivity contribution is -0.134.